The number of rotatable bonds is 9. The monoisotopic (exact) mass is 478 g/mol. The molecular formula is C23H27ClN2O5S. The van der Waals surface area contributed by atoms with Crippen LogP contribution in [-0.2, 0) is 26.0 Å². The molecule has 172 valence electrons. The molecule has 1 N–H and O–H groups in total. The summed E-state index contributed by atoms with van der Waals surface area (Å²) < 4.78 is 32.2. The summed E-state index contributed by atoms with van der Waals surface area (Å²) in [7, 11) is -3.72. The van der Waals surface area contributed by atoms with E-state index < -0.39 is 28.5 Å². The quantitative estimate of drug-likeness (QED) is 0.440. The number of aryl methyl sites for hydroxylation is 1. The molecule has 2 aromatic rings. The second-order valence-corrected chi connectivity index (χ2v) is 9.97. The first kappa shape index (κ1) is 24.2. The number of hydrogen-bond donors (Lipinski definition) is 1. The van der Waals surface area contributed by atoms with E-state index >= 15 is 0 Å². The third-order valence-corrected chi connectivity index (χ3v) is 7.48. The Morgan fingerprint density at radius 1 is 1.03 bits per heavy atom. The zero-order valence-corrected chi connectivity index (χ0v) is 19.3. The Hall–Kier alpha value is -2.42. The largest absolute Gasteiger partial charge is 0.452 e. The van der Waals surface area contributed by atoms with Gasteiger partial charge >= 0.3 is 5.97 Å². The Bertz CT molecular complexity index is 1040. The number of halogens is 1. The highest BCUT2D eigenvalue weighted by atomic mass is 35.5. The van der Waals surface area contributed by atoms with E-state index in [0.29, 0.717) is 19.6 Å². The molecule has 0 saturated carbocycles. The number of nitrogens with zero attached hydrogens (tertiary/aromatic N) is 1. The summed E-state index contributed by atoms with van der Waals surface area (Å²) in [5.74, 6) is -1.27. The van der Waals surface area contributed by atoms with Crippen LogP contribution in [0.5, 0.6) is 0 Å². The van der Waals surface area contributed by atoms with E-state index in [1.165, 1.54) is 28.1 Å². The van der Waals surface area contributed by atoms with Crippen LogP contribution in [0.4, 0.5) is 0 Å². The van der Waals surface area contributed by atoms with Crippen LogP contribution in [0.1, 0.15) is 41.6 Å². The van der Waals surface area contributed by atoms with Gasteiger partial charge in [-0.2, -0.15) is 4.31 Å². The maximum Gasteiger partial charge on any atom is 0.340 e. The fraction of sp³-hybridized carbons (Fsp3) is 0.391. The van der Waals surface area contributed by atoms with Gasteiger partial charge in [-0.05, 0) is 49.4 Å². The predicted molar refractivity (Wildman–Crippen MR) is 122 cm³/mol. The lowest BCUT2D eigenvalue weighted by Gasteiger charge is -2.26. The van der Waals surface area contributed by atoms with E-state index in [1.54, 1.807) is 0 Å². The molecule has 1 heterocycles. The van der Waals surface area contributed by atoms with Crippen LogP contribution in [0.25, 0.3) is 0 Å². The molecule has 3 rings (SSSR count). The van der Waals surface area contributed by atoms with Gasteiger partial charge in [-0.3, -0.25) is 4.79 Å². The van der Waals surface area contributed by atoms with E-state index in [-0.39, 0.29) is 15.5 Å². The summed E-state index contributed by atoms with van der Waals surface area (Å²) in [5.41, 5.74) is 1.10. The molecule has 0 bridgehead atoms. The second kappa shape index (κ2) is 11.4. The molecule has 32 heavy (non-hydrogen) atoms. The van der Waals surface area contributed by atoms with Crippen LogP contribution >= 0.6 is 11.6 Å². The average molecular weight is 479 g/mol. The first-order valence-electron chi connectivity index (χ1n) is 10.7. The number of amides is 1. The van der Waals surface area contributed by atoms with Crippen molar-refractivity contribution in [3.05, 3.63) is 64.7 Å². The predicted octanol–water partition coefficient (Wildman–Crippen LogP) is 3.42. The number of sulfonamides is 1. The zero-order chi connectivity index (χ0) is 23.0. The van der Waals surface area contributed by atoms with Gasteiger partial charge in [0.1, 0.15) is 0 Å². The van der Waals surface area contributed by atoms with Crippen molar-refractivity contribution in [1.82, 2.24) is 9.62 Å². The molecule has 1 saturated heterocycles. The van der Waals surface area contributed by atoms with Gasteiger partial charge in [0, 0.05) is 19.6 Å². The molecule has 1 amide bonds. The number of ether oxygens (including phenoxy) is 1. The van der Waals surface area contributed by atoms with Gasteiger partial charge in [0.2, 0.25) is 10.0 Å². The van der Waals surface area contributed by atoms with E-state index in [9.17, 15) is 18.0 Å². The summed E-state index contributed by atoms with van der Waals surface area (Å²) in [6.45, 7) is 0.892. The van der Waals surface area contributed by atoms with E-state index in [1.807, 2.05) is 30.3 Å². The summed E-state index contributed by atoms with van der Waals surface area (Å²) >= 11 is 6.09. The number of carbonyl (C=O) groups excluding carboxylic acids is 2. The molecular weight excluding hydrogens is 452 g/mol. The molecule has 1 fully saturated rings. The lowest BCUT2D eigenvalue weighted by molar-refractivity contribution is -0.124. The average Bonchev–Trinajstić information content (AvgIpc) is 2.81. The molecule has 2 aromatic carbocycles. The maximum absolute atomic E-state index is 12.9. The number of nitrogens with one attached hydrogen (secondary N) is 1. The zero-order valence-electron chi connectivity index (χ0n) is 17.8. The summed E-state index contributed by atoms with van der Waals surface area (Å²) in [5, 5.41) is 2.77. The smallest absolute Gasteiger partial charge is 0.340 e. The minimum atomic E-state index is -3.72. The first-order chi connectivity index (χ1) is 15.4. The lowest BCUT2D eigenvalue weighted by Crippen LogP contribution is -2.35. The summed E-state index contributed by atoms with van der Waals surface area (Å²) in [6.07, 6.45) is 4.20. The number of benzene rings is 2. The van der Waals surface area contributed by atoms with Crippen LogP contribution < -0.4 is 5.32 Å². The topological polar surface area (TPSA) is 92.8 Å². The molecule has 0 radical (unpaired) electrons. The second-order valence-electron chi connectivity index (χ2n) is 7.62. The van der Waals surface area contributed by atoms with Gasteiger partial charge in [-0.15, -0.1) is 0 Å². The van der Waals surface area contributed by atoms with Crippen molar-refractivity contribution < 1.29 is 22.7 Å². The van der Waals surface area contributed by atoms with Crippen molar-refractivity contribution in [2.24, 2.45) is 0 Å². The van der Waals surface area contributed by atoms with E-state index in [4.69, 9.17) is 16.3 Å². The van der Waals surface area contributed by atoms with Crippen LogP contribution in [-0.4, -0.2) is 50.8 Å². The Kier molecular flexibility index (Phi) is 8.67. The number of esters is 1. The summed E-state index contributed by atoms with van der Waals surface area (Å²) in [6, 6.07) is 13.9. The fourth-order valence-corrected chi connectivity index (χ4v) is 5.24. The van der Waals surface area contributed by atoms with Crippen LogP contribution in [0.15, 0.2) is 53.4 Å². The van der Waals surface area contributed by atoms with Crippen molar-refractivity contribution in [2.75, 3.05) is 26.2 Å². The van der Waals surface area contributed by atoms with Crippen LogP contribution in [0.3, 0.4) is 0 Å². The molecule has 9 heteroatoms. The Morgan fingerprint density at radius 3 is 2.47 bits per heavy atom. The van der Waals surface area contributed by atoms with Crippen molar-refractivity contribution >= 4 is 33.5 Å². The van der Waals surface area contributed by atoms with Gasteiger partial charge in [0.15, 0.2) is 6.61 Å². The third kappa shape index (κ3) is 6.54. The van der Waals surface area contributed by atoms with Crippen molar-refractivity contribution in [3.63, 3.8) is 0 Å². The van der Waals surface area contributed by atoms with E-state index in [2.05, 4.69) is 5.32 Å². The number of hydrogen-bond acceptors (Lipinski definition) is 5. The highest BCUT2D eigenvalue weighted by Gasteiger charge is 2.27. The van der Waals surface area contributed by atoms with Crippen LogP contribution in [0, 0.1) is 0 Å². The van der Waals surface area contributed by atoms with Gasteiger partial charge in [0.25, 0.3) is 5.91 Å². The number of piperidine rings is 1. The lowest BCUT2D eigenvalue weighted by atomic mass is 10.1. The maximum atomic E-state index is 12.9. The SMILES string of the molecule is O=C(COC(=O)c1cc(S(=O)(=O)N2CCCCC2)ccc1Cl)NCCCc1ccccc1. The molecule has 1 aliphatic heterocycles. The Balaban J connectivity index is 1.52. The van der Waals surface area contributed by atoms with E-state index in [0.717, 1.165) is 32.1 Å². The minimum Gasteiger partial charge on any atom is -0.452 e. The molecule has 7 nitrogen and oxygen atoms in total. The van der Waals surface area contributed by atoms with Crippen molar-refractivity contribution in [3.8, 4) is 0 Å². The summed E-state index contributed by atoms with van der Waals surface area (Å²) in [4.78, 5) is 24.4. The highest BCUT2D eigenvalue weighted by molar-refractivity contribution is 7.89. The third-order valence-electron chi connectivity index (χ3n) is 5.25. The van der Waals surface area contributed by atoms with Crippen molar-refractivity contribution in [1.29, 1.82) is 0 Å². The van der Waals surface area contributed by atoms with Gasteiger partial charge in [0.05, 0.1) is 15.5 Å². The fourth-order valence-electron chi connectivity index (χ4n) is 3.50. The van der Waals surface area contributed by atoms with Gasteiger partial charge in [-0.25, -0.2) is 13.2 Å². The number of carbonyl (C=O) groups is 2. The Labute approximate surface area is 193 Å². The highest BCUT2D eigenvalue weighted by Crippen LogP contribution is 2.25. The molecule has 0 atom stereocenters. The van der Waals surface area contributed by atoms with Gasteiger partial charge < -0.3 is 10.1 Å². The standard InChI is InChI=1S/C23H27ClN2O5S/c24-21-12-11-19(32(29,30)26-14-5-2-6-15-26)16-20(21)23(28)31-17-22(27)25-13-7-10-18-8-3-1-4-9-18/h1,3-4,8-9,11-12,16H,2,5-7,10,13-15,17H2,(H,25,27). The molecule has 0 unspecified atom stereocenters. The molecule has 0 aromatic heterocycles. The first-order valence-corrected chi connectivity index (χ1v) is 12.5. The molecule has 0 aliphatic carbocycles. The van der Waals surface area contributed by atoms with Crippen molar-refractivity contribution in [2.45, 2.75) is 37.0 Å². The van der Waals surface area contributed by atoms with Gasteiger partial charge in [-0.1, -0.05) is 48.4 Å². The molecule has 0 spiro atoms. The molecule has 1 aliphatic rings. The normalized spacial score (nSPS) is 14.7. The minimum absolute atomic E-state index is 0.0129. The Morgan fingerprint density at radius 2 is 1.75 bits per heavy atom. The van der Waals surface area contributed by atoms with Crippen LogP contribution in [0.2, 0.25) is 5.02 Å².